The first kappa shape index (κ1) is 18.3. The molecule has 0 saturated heterocycles. The molecule has 0 heterocycles. The van der Waals surface area contributed by atoms with Gasteiger partial charge in [0, 0.05) is 0 Å². The van der Waals surface area contributed by atoms with Crippen LogP contribution < -0.4 is 10.1 Å². The monoisotopic (exact) mass is 309 g/mol. The number of aliphatic hydroxyl groups is 1. The molecular formula is C17H27NO4. The van der Waals surface area contributed by atoms with Gasteiger partial charge in [-0.2, -0.15) is 0 Å². The molecule has 1 amide bonds. The molecule has 0 radical (unpaired) electrons. The number of carbonyl (C=O) groups is 1. The van der Waals surface area contributed by atoms with Crippen molar-refractivity contribution in [3.63, 3.8) is 0 Å². The lowest BCUT2D eigenvalue weighted by molar-refractivity contribution is 0.0372. The lowest BCUT2D eigenvalue weighted by Crippen LogP contribution is -2.41. The van der Waals surface area contributed by atoms with Crippen LogP contribution in [0.3, 0.4) is 0 Å². The second kappa shape index (κ2) is 8.03. The maximum Gasteiger partial charge on any atom is 0.405 e. The fraction of sp³-hybridized carbons (Fsp3) is 0.588. The zero-order valence-electron chi connectivity index (χ0n) is 13.8. The van der Waals surface area contributed by atoms with Gasteiger partial charge >= 0.3 is 6.09 Å². The molecular weight excluding hydrogens is 282 g/mol. The quantitative estimate of drug-likeness (QED) is 0.686. The highest BCUT2D eigenvalue weighted by molar-refractivity contribution is 5.65. The predicted octanol–water partition coefficient (Wildman–Crippen LogP) is 3.58. The van der Waals surface area contributed by atoms with Crippen molar-refractivity contribution in [3.05, 3.63) is 29.8 Å². The Labute approximate surface area is 132 Å². The summed E-state index contributed by atoms with van der Waals surface area (Å²) in [7, 11) is 0. The van der Waals surface area contributed by atoms with Gasteiger partial charge in [0.1, 0.15) is 5.75 Å². The topological polar surface area (TPSA) is 78.8 Å². The van der Waals surface area contributed by atoms with Crippen molar-refractivity contribution in [1.29, 1.82) is 0 Å². The number of amides is 1. The van der Waals surface area contributed by atoms with Crippen LogP contribution in [-0.4, -0.2) is 28.5 Å². The summed E-state index contributed by atoms with van der Waals surface area (Å²) in [6, 6.07) is 6.46. The molecule has 5 heteroatoms. The van der Waals surface area contributed by atoms with Crippen LogP contribution in [0.2, 0.25) is 0 Å². The maximum absolute atomic E-state index is 10.9. The molecule has 0 aliphatic carbocycles. The van der Waals surface area contributed by atoms with Crippen molar-refractivity contribution in [3.8, 4) is 5.75 Å². The van der Waals surface area contributed by atoms with E-state index in [-0.39, 0.29) is 0 Å². The van der Waals surface area contributed by atoms with Crippen LogP contribution in [0.5, 0.6) is 5.75 Å². The van der Waals surface area contributed by atoms with Gasteiger partial charge in [0.2, 0.25) is 0 Å². The Morgan fingerprint density at radius 3 is 2.36 bits per heavy atom. The average Bonchev–Trinajstić information content (AvgIpc) is 2.42. The minimum Gasteiger partial charge on any atom is -0.493 e. The first-order valence-corrected chi connectivity index (χ1v) is 7.68. The number of ether oxygens (including phenoxy) is 1. The van der Waals surface area contributed by atoms with Gasteiger partial charge in [-0.1, -0.05) is 32.4 Å². The zero-order chi connectivity index (χ0) is 16.8. The zero-order valence-corrected chi connectivity index (χ0v) is 13.8. The number of hydrogen-bond acceptors (Lipinski definition) is 3. The smallest absolute Gasteiger partial charge is 0.405 e. The van der Waals surface area contributed by atoms with E-state index in [0.717, 1.165) is 18.6 Å². The molecule has 1 rings (SSSR count). The van der Waals surface area contributed by atoms with E-state index >= 15 is 0 Å². The van der Waals surface area contributed by atoms with E-state index in [1.807, 2.05) is 0 Å². The SMILES string of the molecule is CCCC(C)COc1ccc([C@@H](NC(=O)O)C(C)(C)O)cc1. The molecule has 3 N–H and O–H groups in total. The lowest BCUT2D eigenvalue weighted by atomic mass is 9.92. The Bertz CT molecular complexity index is 465. The second-order valence-corrected chi connectivity index (χ2v) is 6.31. The van der Waals surface area contributed by atoms with E-state index in [1.54, 1.807) is 38.1 Å². The standard InChI is InChI=1S/C17H27NO4/c1-5-6-12(2)11-22-14-9-7-13(8-10-14)15(17(3,4)21)18-16(19)20/h7-10,12,15,18,21H,5-6,11H2,1-4H3,(H,19,20)/t12?,15-/m1/s1. The second-order valence-electron chi connectivity index (χ2n) is 6.31. The first-order chi connectivity index (χ1) is 10.2. The van der Waals surface area contributed by atoms with Crippen molar-refractivity contribution in [2.45, 2.75) is 52.2 Å². The van der Waals surface area contributed by atoms with Crippen molar-refractivity contribution >= 4 is 6.09 Å². The van der Waals surface area contributed by atoms with Crippen LogP contribution in [0.1, 0.15) is 52.1 Å². The third-order valence-electron chi connectivity index (χ3n) is 3.50. The van der Waals surface area contributed by atoms with Crippen LogP contribution in [0, 0.1) is 5.92 Å². The van der Waals surface area contributed by atoms with Gasteiger partial charge < -0.3 is 20.3 Å². The highest BCUT2D eigenvalue weighted by Crippen LogP contribution is 2.27. The molecule has 0 bridgehead atoms. The van der Waals surface area contributed by atoms with E-state index in [2.05, 4.69) is 19.2 Å². The number of benzene rings is 1. The fourth-order valence-electron chi connectivity index (χ4n) is 2.36. The molecule has 124 valence electrons. The molecule has 0 saturated carbocycles. The summed E-state index contributed by atoms with van der Waals surface area (Å²) in [5.74, 6) is 1.25. The summed E-state index contributed by atoms with van der Waals surface area (Å²) in [5.41, 5.74) is -0.500. The Morgan fingerprint density at radius 1 is 1.32 bits per heavy atom. The van der Waals surface area contributed by atoms with Gasteiger partial charge in [-0.25, -0.2) is 4.79 Å². The van der Waals surface area contributed by atoms with Crippen molar-refractivity contribution in [1.82, 2.24) is 5.32 Å². The normalized spacial score (nSPS) is 14.2. The molecule has 22 heavy (non-hydrogen) atoms. The number of hydrogen-bond donors (Lipinski definition) is 3. The van der Waals surface area contributed by atoms with Gasteiger partial charge in [-0.3, -0.25) is 0 Å². The molecule has 0 aliphatic heterocycles. The lowest BCUT2D eigenvalue weighted by Gasteiger charge is -2.29. The summed E-state index contributed by atoms with van der Waals surface area (Å²) in [4.78, 5) is 10.9. The van der Waals surface area contributed by atoms with E-state index in [4.69, 9.17) is 9.84 Å². The Balaban J connectivity index is 2.75. The van der Waals surface area contributed by atoms with Gasteiger partial charge in [0.05, 0.1) is 18.2 Å². The molecule has 1 unspecified atom stereocenters. The van der Waals surface area contributed by atoms with Crippen LogP contribution in [-0.2, 0) is 0 Å². The highest BCUT2D eigenvalue weighted by Gasteiger charge is 2.29. The molecule has 0 fully saturated rings. The summed E-state index contributed by atoms with van der Waals surface area (Å²) in [6.45, 7) is 8.11. The van der Waals surface area contributed by atoms with Crippen molar-refractivity contribution in [2.75, 3.05) is 6.61 Å². The van der Waals surface area contributed by atoms with Crippen LogP contribution in [0.15, 0.2) is 24.3 Å². The Morgan fingerprint density at radius 2 is 1.91 bits per heavy atom. The minimum absolute atomic E-state index is 0.502. The Kier molecular flexibility index (Phi) is 6.68. The van der Waals surface area contributed by atoms with Gasteiger partial charge in [0.15, 0.2) is 0 Å². The summed E-state index contributed by atoms with van der Waals surface area (Å²) in [5, 5.41) is 21.4. The number of nitrogens with one attached hydrogen (secondary N) is 1. The molecule has 1 aromatic rings. The van der Waals surface area contributed by atoms with Crippen LogP contribution >= 0.6 is 0 Å². The molecule has 0 aliphatic rings. The molecule has 0 aromatic heterocycles. The average molecular weight is 309 g/mol. The van der Waals surface area contributed by atoms with E-state index < -0.39 is 17.7 Å². The minimum atomic E-state index is -1.20. The number of carboxylic acid groups (broad SMARTS) is 1. The van der Waals surface area contributed by atoms with Crippen LogP contribution in [0.4, 0.5) is 4.79 Å². The van der Waals surface area contributed by atoms with E-state index in [0.29, 0.717) is 18.1 Å². The molecule has 5 nitrogen and oxygen atoms in total. The van der Waals surface area contributed by atoms with Crippen molar-refractivity contribution < 1.29 is 19.7 Å². The molecule has 0 spiro atoms. The highest BCUT2D eigenvalue weighted by atomic mass is 16.5. The predicted molar refractivity (Wildman–Crippen MR) is 86.2 cm³/mol. The van der Waals surface area contributed by atoms with Gasteiger partial charge in [-0.05, 0) is 43.9 Å². The largest absolute Gasteiger partial charge is 0.493 e. The molecule has 1 aromatic carbocycles. The van der Waals surface area contributed by atoms with Gasteiger partial charge in [-0.15, -0.1) is 0 Å². The summed E-state index contributed by atoms with van der Waals surface area (Å²) in [6.07, 6.45) is 1.10. The Hall–Kier alpha value is -1.75. The van der Waals surface area contributed by atoms with Gasteiger partial charge in [0.25, 0.3) is 0 Å². The molecule has 2 atom stereocenters. The van der Waals surface area contributed by atoms with Crippen molar-refractivity contribution in [2.24, 2.45) is 5.92 Å². The van der Waals surface area contributed by atoms with E-state index in [9.17, 15) is 9.90 Å². The summed E-state index contributed by atoms with van der Waals surface area (Å²) < 4.78 is 5.72. The third kappa shape index (κ3) is 5.93. The maximum atomic E-state index is 10.9. The fourth-order valence-corrected chi connectivity index (χ4v) is 2.36. The third-order valence-corrected chi connectivity index (χ3v) is 3.50. The van der Waals surface area contributed by atoms with E-state index in [1.165, 1.54) is 0 Å². The van der Waals surface area contributed by atoms with Crippen LogP contribution in [0.25, 0.3) is 0 Å². The number of rotatable bonds is 8. The summed E-state index contributed by atoms with van der Waals surface area (Å²) >= 11 is 0. The first-order valence-electron chi connectivity index (χ1n) is 7.68.